The second-order valence-electron chi connectivity index (χ2n) is 19.1. The summed E-state index contributed by atoms with van der Waals surface area (Å²) in [4.78, 5) is 0. The van der Waals surface area contributed by atoms with Crippen molar-refractivity contribution in [1.82, 2.24) is 0 Å². The molecular formula is C94H221B2F2. The Morgan fingerprint density at radius 1 is 0.112 bits per heavy atom. The molecule has 18 saturated carbocycles. The predicted molar refractivity (Wildman–Crippen MR) is 506 cm³/mol. The summed E-state index contributed by atoms with van der Waals surface area (Å²) in [6, 6.07) is 0. The van der Waals surface area contributed by atoms with Crippen molar-refractivity contribution in [3.05, 3.63) is 145 Å². The van der Waals surface area contributed by atoms with Crippen LogP contribution in [0.1, 0.15) is 478 Å². The standard InChI is InChI=1S/18C3H6.5C2H6.11C2H4.8CH4.BH.B.2FH.2H2/c18*1-2-3-1;16*1-2;;;;;;;;;;;;;;/h18*1-3H2;5*1-2H3;11*1-2H2;8*1H4;1H;;4*1H/i;;;;;;;;;;;;;;;;;;;;;;;;;;;;;;;;;;;;;;;;;;;;;;2*1+1. The first-order valence-corrected chi connectivity index (χ1v) is 37.5. The second-order valence-corrected chi connectivity index (χ2v) is 19.1. The molecule has 617 valence electrons. The molecule has 18 rings (SSSR count). The number of rotatable bonds is 0. The fourth-order valence-electron chi connectivity index (χ4n) is 0. The molecule has 0 amide bonds. The monoisotopic (exact) mass is 1410 g/mol. The van der Waals surface area contributed by atoms with E-state index in [2.05, 4.69) is 145 Å². The van der Waals surface area contributed by atoms with Crippen molar-refractivity contribution >= 4 is 16.8 Å². The van der Waals surface area contributed by atoms with Crippen molar-refractivity contribution in [2.45, 2.75) is 475 Å². The summed E-state index contributed by atoms with van der Waals surface area (Å²) >= 11 is 0. The van der Waals surface area contributed by atoms with Gasteiger partial charge in [-0.25, -0.2) is 0 Å². The van der Waals surface area contributed by atoms with Gasteiger partial charge in [0.2, 0.25) is 0 Å². The molecule has 5 radical (unpaired) electrons. The topological polar surface area (TPSA) is 0 Å². The maximum absolute atomic E-state index is 3.00. The minimum absolute atomic E-state index is 0. The molecule has 0 heterocycles. The molecule has 0 aromatic rings. The summed E-state index contributed by atoms with van der Waals surface area (Å²) < 4.78 is 0. The fourth-order valence-corrected chi connectivity index (χ4v) is 0. The van der Waals surface area contributed by atoms with Gasteiger partial charge in [0.15, 0.2) is 0 Å². The summed E-state index contributed by atoms with van der Waals surface area (Å²) in [5, 5.41) is 0. The van der Waals surface area contributed by atoms with E-state index >= 15 is 0 Å². The Labute approximate surface area is 645 Å². The quantitative estimate of drug-likeness (QED) is 0.168. The van der Waals surface area contributed by atoms with Gasteiger partial charge in [-0.15, -0.1) is 145 Å². The Morgan fingerprint density at radius 2 is 0.122 bits per heavy atom. The van der Waals surface area contributed by atoms with Gasteiger partial charge in [0.25, 0.3) is 0 Å². The molecule has 18 aliphatic rings. The van der Waals surface area contributed by atoms with Gasteiger partial charge in [0.1, 0.15) is 0 Å². The highest BCUT2D eigenvalue weighted by Crippen LogP contribution is 2.20. The average molecular weight is 1410 g/mol. The van der Waals surface area contributed by atoms with Crippen molar-refractivity contribution in [3.8, 4) is 0 Å². The highest BCUT2D eigenvalue weighted by Gasteiger charge is 2.00. The minimum atomic E-state index is 0. The molecule has 0 aliphatic heterocycles. The molecule has 0 unspecified atom stereocenters. The SMILES string of the molecule is C.C.C.C.C.C.C.C.C1CC1.C1CC1.C1CC1.C1CC1.C1CC1.C1CC1.C1CC1.C1CC1.C1CC1.C1CC1.C1CC1.C1CC1.C1CC1.C1CC1.C1CC1.C1CC1.C1CC1.C1CC1.C=C.C=C.C=C.C=C.C=C.C=C.C=C.C=C.C=C.C=C.C=C.CC.CC.CC.CC.CC.F.F.[2HH].[2HH].[BH].[B]. The van der Waals surface area contributed by atoms with Gasteiger partial charge in [-0.3, -0.25) is 9.41 Å². The van der Waals surface area contributed by atoms with Crippen LogP contribution >= 0.6 is 0 Å². The zero-order valence-corrected chi connectivity index (χ0v) is 65.8. The lowest BCUT2D eigenvalue weighted by Crippen LogP contribution is -0.856. The predicted octanol–water partition coefficient (Wildman–Crippen LogP) is 39.9. The van der Waals surface area contributed by atoms with Crippen LogP contribution in [-0.2, 0) is 0 Å². The summed E-state index contributed by atoms with van der Waals surface area (Å²) in [6.45, 7) is 86.0. The van der Waals surface area contributed by atoms with E-state index in [-0.39, 0.29) is 88.5 Å². The largest absolute Gasteiger partial charge is 0.269 e. The van der Waals surface area contributed by atoms with Crippen LogP contribution in [0.3, 0.4) is 0 Å². The van der Waals surface area contributed by atoms with E-state index in [0.717, 1.165) is 0 Å². The van der Waals surface area contributed by atoms with E-state index in [1.807, 2.05) is 69.2 Å². The Morgan fingerprint density at radius 3 is 0.122 bits per heavy atom. The number of hydrogen-bond donors (Lipinski definition) is 0. The molecule has 4 heteroatoms. The summed E-state index contributed by atoms with van der Waals surface area (Å²) in [6.07, 6.45) is 81.0. The van der Waals surface area contributed by atoms with E-state index in [4.69, 9.17) is 0 Å². The highest BCUT2D eigenvalue weighted by atomic mass is 19.0. The third-order valence-corrected chi connectivity index (χ3v) is 6.36. The van der Waals surface area contributed by atoms with Gasteiger partial charge < -0.3 is 0 Å². The molecule has 0 aromatic carbocycles. The third kappa shape index (κ3) is 3450. The normalized spacial score (nSPS) is 14.0. The fraction of sp³-hybridized carbons (Fsp3) is 0.766. The Kier molecular flexibility index (Phi) is 596. The Balaban J connectivity index is -0.0000000180. The molecule has 0 bridgehead atoms. The maximum Gasteiger partial charge on any atom is 0.0379 e. The number of halogens is 2. The van der Waals surface area contributed by atoms with Crippen LogP contribution in [0.2, 0.25) is 0 Å². The summed E-state index contributed by atoms with van der Waals surface area (Å²) in [5.41, 5.74) is 0. The van der Waals surface area contributed by atoms with Gasteiger partial charge in [0.05, 0.1) is 0 Å². The van der Waals surface area contributed by atoms with Crippen LogP contribution < -0.4 is 0 Å². The lowest BCUT2D eigenvalue weighted by atomic mass is 10.8. The molecule has 0 nitrogen and oxygen atoms in total. The first kappa shape index (κ1) is 187. The molecule has 0 aromatic heterocycles. The van der Waals surface area contributed by atoms with Crippen LogP contribution in [0, 0.1) is 0 Å². The van der Waals surface area contributed by atoms with E-state index in [0.29, 0.717) is 0 Å². The molecule has 0 saturated heterocycles. The van der Waals surface area contributed by atoms with Crippen LogP contribution in [0.15, 0.2) is 145 Å². The number of hydrogen-bond acceptors (Lipinski definition) is 0. The van der Waals surface area contributed by atoms with E-state index in [1.165, 1.54) is 347 Å². The molecule has 0 atom stereocenters. The molecular weight excluding hydrogens is 1190 g/mol. The molecule has 0 spiro atoms. The molecule has 0 N–H and O–H groups in total. The first-order valence-electron chi connectivity index (χ1n) is 37.5. The van der Waals surface area contributed by atoms with E-state index < -0.39 is 0 Å². The minimum Gasteiger partial charge on any atom is -0.269 e. The van der Waals surface area contributed by atoms with Crippen LogP contribution in [0.25, 0.3) is 0 Å². The third-order valence-electron chi connectivity index (χ3n) is 6.36. The second kappa shape index (κ2) is 312. The van der Waals surface area contributed by atoms with Crippen LogP contribution in [0.4, 0.5) is 9.41 Å². The maximum atomic E-state index is 3.00. The van der Waals surface area contributed by atoms with Gasteiger partial charge in [0, 0.05) is 19.7 Å². The summed E-state index contributed by atoms with van der Waals surface area (Å²) in [7, 11) is 0. The highest BCUT2D eigenvalue weighted by molar-refractivity contribution is 5.76. The lowest BCUT2D eigenvalue weighted by Gasteiger charge is -1.07. The van der Waals surface area contributed by atoms with Crippen molar-refractivity contribution < 1.29 is 12.3 Å². The molecule has 98 heavy (non-hydrogen) atoms. The lowest BCUT2D eigenvalue weighted by molar-refractivity contribution is 1.11. The van der Waals surface area contributed by atoms with Crippen molar-refractivity contribution in [2.75, 3.05) is 0 Å². The van der Waals surface area contributed by atoms with Gasteiger partial charge in [-0.1, -0.05) is 475 Å². The smallest absolute Gasteiger partial charge is 0.0379 e. The Hall–Kier alpha value is -2.87. The van der Waals surface area contributed by atoms with E-state index in [1.54, 1.807) is 0 Å². The Bertz CT molecular complexity index is 476. The average Bonchev–Trinajstić information content (AvgIpc) is 4.46. The van der Waals surface area contributed by atoms with Gasteiger partial charge in [-0.05, 0) is 0 Å². The van der Waals surface area contributed by atoms with Crippen molar-refractivity contribution in [3.63, 3.8) is 0 Å². The first-order chi connectivity index (χ1) is 43.0. The van der Waals surface area contributed by atoms with Crippen molar-refractivity contribution in [1.29, 1.82) is 0 Å². The van der Waals surface area contributed by atoms with Gasteiger partial charge >= 0.3 is 0 Å². The van der Waals surface area contributed by atoms with Crippen LogP contribution in [0.5, 0.6) is 0 Å². The molecule has 18 fully saturated rings. The zero-order valence-electron chi connectivity index (χ0n) is 65.8. The van der Waals surface area contributed by atoms with Crippen molar-refractivity contribution in [2.24, 2.45) is 0 Å². The van der Waals surface area contributed by atoms with Crippen LogP contribution in [-0.4, -0.2) is 16.8 Å². The summed E-state index contributed by atoms with van der Waals surface area (Å²) in [5.74, 6) is 0. The van der Waals surface area contributed by atoms with Gasteiger partial charge in [-0.2, -0.15) is 0 Å². The molecule has 18 aliphatic carbocycles. The zero-order chi connectivity index (χ0) is 70.2. The van der Waals surface area contributed by atoms with E-state index in [9.17, 15) is 0 Å².